The minimum absolute atomic E-state index is 0.213. The first kappa shape index (κ1) is 5.07. The fraction of sp³-hybridized carbons (Fsp3) is 0. The molecule has 0 amide bonds. The van der Waals surface area contributed by atoms with E-state index in [1.807, 2.05) is 0 Å². The molecular weight excluding hydrogens is 96.1 g/mol. The van der Waals surface area contributed by atoms with Gasteiger partial charge in [-0.05, 0) is 0 Å². The van der Waals surface area contributed by atoms with Crippen molar-refractivity contribution in [2.75, 3.05) is 0 Å². The maximum absolute atomic E-state index is 7.72. The van der Waals surface area contributed by atoms with Crippen LogP contribution in [0.4, 0.5) is 0 Å². The van der Waals surface area contributed by atoms with Gasteiger partial charge in [0, 0.05) is 0 Å². The van der Waals surface area contributed by atoms with Crippen molar-refractivity contribution in [1.82, 2.24) is 0 Å². The minimum Gasteiger partial charge on any atom is -0.191 e. The summed E-state index contributed by atoms with van der Waals surface area (Å²) in [6, 6.07) is 2.97. The van der Waals surface area contributed by atoms with Gasteiger partial charge in [-0.1, -0.05) is 12.2 Å². The van der Waals surface area contributed by atoms with Crippen LogP contribution in [0.3, 0.4) is 0 Å². The molecule has 0 aromatic rings. The van der Waals surface area contributed by atoms with E-state index in [2.05, 4.69) is 12.2 Å². The van der Waals surface area contributed by atoms with E-state index in [0.717, 1.165) is 0 Å². The zero-order valence-electron chi connectivity index (χ0n) is 2.80. The molecule has 3 heteroatoms. The third kappa shape index (κ3) is 1.40. The molecule has 0 aliphatic carbocycles. The molecule has 0 spiro atoms. The molecule has 6 heavy (non-hydrogen) atoms. The third-order valence-electron chi connectivity index (χ3n) is 0.203. The summed E-state index contributed by atoms with van der Waals surface area (Å²) in [4.78, 5) is -0.213. The molecule has 0 bridgehead atoms. The van der Waals surface area contributed by atoms with E-state index >= 15 is 0 Å². The van der Waals surface area contributed by atoms with Gasteiger partial charge >= 0.3 is 0 Å². The Kier molecular flexibility index (Phi) is 1.96. The van der Waals surface area contributed by atoms with Crippen molar-refractivity contribution in [3.63, 3.8) is 0 Å². The normalized spacial score (nSPS) is 5.00. The quantitative estimate of drug-likeness (QED) is 0.410. The van der Waals surface area contributed by atoms with E-state index < -0.39 is 0 Å². The molecule has 0 atom stereocenters. The smallest absolute Gasteiger partial charge is 0.191 e. The molecular formula is C3N2S. The number of rotatable bonds is 0. The molecule has 28 valence electrons. The molecule has 0 aliphatic rings. The summed E-state index contributed by atoms with van der Waals surface area (Å²) in [5.74, 6) is 0. The Morgan fingerprint density at radius 1 is 1.33 bits per heavy atom. The van der Waals surface area contributed by atoms with Crippen molar-refractivity contribution in [3.8, 4) is 12.1 Å². The molecule has 0 radical (unpaired) electrons. The molecule has 2 nitrogen and oxygen atoms in total. The highest BCUT2D eigenvalue weighted by Crippen LogP contribution is 1.63. The first-order valence-corrected chi connectivity index (χ1v) is 1.56. The summed E-state index contributed by atoms with van der Waals surface area (Å²) < 4.78 is 0. The second-order valence-corrected chi connectivity index (χ2v) is 0.961. The highest BCUT2D eigenvalue weighted by molar-refractivity contribution is 7.81. The Morgan fingerprint density at radius 2 is 1.67 bits per heavy atom. The van der Waals surface area contributed by atoms with Crippen LogP contribution in [0, 0.1) is 22.7 Å². The largest absolute Gasteiger partial charge is 0.192 e. The molecule has 0 unspecified atom stereocenters. The first-order valence-electron chi connectivity index (χ1n) is 1.15. The van der Waals surface area contributed by atoms with Crippen molar-refractivity contribution in [2.45, 2.75) is 0 Å². The molecule has 0 aliphatic heterocycles. The Morgan fingerprint density at radius 3 is 1.67 bits per heavy atom. The zero-order valence-corrected chi connectivity index (χ0v) is 3.62. The Balaban J connectivity index is 3.75. The average Bonchev–Trinajstić information content (AvgIpc) is 1.65. The Labute approximate surface area is 40.6 Å². The number of thiocarbonyl (C=S) groups is 1. The predicted octanol–water partition coefficient (Wildman–Crippen LogP) is 0.403. The molecule has 0 aromatic heterocycles. The van der Waals surface area contributed by atoms with Crippen molar-refractivity contribution in [3.05, 3.63) is 0 Å². The lowest BCUT2D eigenvalue weighted by atomic mass is 10.5. The highest BCUT2D eigenvalue weighted by Gasteiger charge is 1.79. The van der Waals surface area contributed by atoms with Crippen LogP contribution in [-0.4, -0.2) is 4.86 Å². The van der Waals surface area contributed by atoms with E-state index in [1.165, 1.54) is 12.1 Å². The number of hydrogen-bond donors (Lipinski definition) is 0. The lowest BCUT2D eigenvalue weighted by Gasteiger charge is -1.55. The standard InChI is InChI=1S/C3N2S/c4-1-3(6)2-5. The van der Waals surface area contributed by atoms with Crippen molar-refractivity contribution in [1.29, 1.82) is 10.5 Å². The fourth-order valence-corrected chi connectivity index (χ4v) is 0.0250. The van der Waals surface area contributed by atoms with E-state index in [-0.39, 0.29) is 4.86 Å². The van der Waals surface area contributed by atoms with Gasteiger partial charge in [0.05, 0.1) is 0 Å². The van der Waals surface area contributed by atoms with Gasteiger partial charge in [-0.15, -0.1) is 0 Å². The lowest BCUT2D eigenvalue weighted by Crippen LogP contribution is -1.76. The second-order valence-electron chi connectivity index (χ2n) is 0.553. The number of nitrogens with zero attached hydrogens (tertiary/aromatic N) is 2. The van der Waals surface area contributed by atoms with Crippen molar-refractivity contribution in [2.24, 2.45) is 0 Å². The summed E-state index contributed by atoms with van der Waals surface area (Å²) in [6.07, 6.45) is 0. The van der Waals surface area contributed by atoms with Crippen LogP contribution in [0.15, 0.2) is 0 Å². The SMILES string of the molecule is N#CC(=S)C#N. The molecule has 0 saturated carbocycles. The summed E-state index contributed by atoms with van der Waals surface area (Å²) in [7, 11) is 0. The van der Waals surface area contributed by atoms with Crippen molar-refractivity contribution >= 4 is 17.1 Å². The van der Waals surface area contributed by atoms with Crippen molar-refractivity contribution < 1.29 is 0 Å². The van der Waals surface area contributed by atoms with Gasteiger partial charge < -0.3 is 0 Å². The van der Waals surface area contributed by atoms with Crippen LogP contribution in [0.5, 0.6) is 0 Å². The van der Waals surface area contributed by atoms with Crippen LogP contribution >= 0.6 is 12.2 Å². The zero-order chi connectivity index (χ0) is 4.99. The second kappa shape index (κ2) is 2.32. The summed E-state index contributed by atoms with van der Waals surface area (Å²) in [5.41, 5.74) is 0. The first-order chi connectivity index (χ1) is 2.81. The molecule has 0 fully saturated rings. The van der Waals surface area contributed by atoms with Gasteiger partial charge in [-0.3, -0.25) is 0 Å². The average molecular weight is 96.1 g/mol. The van der Waals surface area contributed by atoms with Crippen LogP contribution in [0.25, 0.3) is 0 Å². The minimum atomic E-state index is -0.213. The van der Waals surface area contributed by atoms with Gasteiger partial charge in [0.2, 0.25) is 0 Å². The molecule has 0 saturated heterocycles. The molecule has 0 heterocycles. The molecule has 0 rings (SSSR count). The van der Waals surface area contributed by atoms with Gasteiger partial charge in [-0.2, -0.15) is 10.5 Å². The van der Waals surface area contributed by atoms with E-state index in [1.54, 1.807) is 0 Å². The Bertz CT molecular complexity index is 120. The number of hydrogen-bond acceptors (Lipinski definition) is 3. The molecule has 0 aromatic carbocycles. The van der Waals surface area contributed by atoms with E-state index in [9.17, 15) is 0 Å². The van der Waals surface area contributed by atoms with Gasteiger partial charge in [0.25, 0.3) is 0 Å². The third-order valence-corrected chi connectivity index (χ3v) is 0.386. The van der Waals surface area contributed by atoms with Gasteiger partial charge in [-0.25, -0.2) is 0 Å². The highest BCUT2D eigenvalue weighted by atomic mass is 32.1. The number of nitriles is 2. The summed E-state index contributed by atoms with van der Waals surface area (Å²) in [6.45, 7) is 0. The Hall–Kier alpha value is -0.930. The van der Waals surface area contributed by atoms with Gasteiger partial charge in [0.1, 0.15) is 12.1 Å². The lowest BCUT2D eigenvalue weighted by molar-refractivity contribution is 1.54. The van der Waals surface area contributed by atoms with Crippen LogP contribution < -0.4 is 0 Å². The summed E-state index contributed by atoms with van der Waals surface area (Å²) in [5, 5.41) is 15.4. The van der Waals surface area contributed by atoms with Gasteiger partial charge in [0.15, 0.2) is 4.86 Å². The maximum Gasteiger partial charge on any atom is 0.192 e. The van der Waals surface area contributed by atoms with Crippen LogP contribution in [-0.2, 0) is 0 Å². The maximum atomic E-state index is 7.72. The van der Waals surface area contributed by atoms with Crippen LogP contribution in [0.1, 0.15) is 0 Å². The monoisotopic (exact) mass is 96.0 g/mol. The molecule has 0 N–H and O–H groups in total. The van der Waals surface area contributed by atoms with E-state index in [0.29, 0.717) is 0 Å². The van der Waals surface area contributed by atoms with Crippen LogP contribution in [0.2, 0.25) is 0 Å². The topological polar surface area (TPSA) is 47.6 Å². The van der Waals surface area contributed by atoms with E-state index in [4.69, 9.17) is 10.5 Å². The fourth-order valence-electron chi connectivity index (χ4n) is 0.0250. The summed E-state index contributed by atoms with van der Waals surface area (Å²) >= 11 is 4.13. The predicted molar refractivity (Wildman–Crippen MR) is 23.8 cm³/mol.